The largest absolute Gasteiger partial charge is 0.352 e. The number of rotatable bonds is 7. The first kappa shape index (κ1) is 19.6. The first-order chi connectivity index (χ1) is 13.0. The monoisotopic (exact) mass is 386 g/mol. The van der Waals surface area contributed by atoms with E-state index in [1.54, 1.807) is 30.3 Å². The van der Waals surface area contributed by atoms with Gasteiger partial charge < -0.3 is 10.2 Å². The number of hydrogen-bond acceptors (Lipinski definition) is 4. The molecule has 2 aromatic carbocycles. The molecule has 0 aliphatic carbocycles. The first-order valence-corrected chi connectivity index (χ1v) is 11.0. The van der Waals surface area contributed by atoms with E-state index in [0.29, 0.717) is 18.0 Å². The van der Waals surface area contributed by atoms with Gasteiger partial charge in [-0.2, -0.15) is 0 Å². The third-order valence-electron chi connectivity index (χ3n) is 5.03. The van der Waals surface area contributed by atoms with Gasteiger partial charge in [-0.05, 0) is 43.1 Å². The molecule has 1 N–H and O–H groups in total. The van der Waals surface area contributed by atoms with Crippen LogP contribution in [0.1, 0.15) is 29.3 Å². The van der Waals surface area contributed by atoms with Gasteiger partial charge in [-0.25, -0.2) is 8.42 Å². The Kier molecular flexibility index (Phi) is 6.29. The lowest BCUT2D eigenvalue weighted by Crippen LogP contribution is -2.31. The molecule has 3 rings (SSSR count). The molecular weight excluding hydrogens is 360 g/mol. The number of amides is 1. The molecule has 0 unspecified atom stereocenters. The van der Waals surface area contributed by atoms with Gasteiger partial charge in [0.2, 0.25) is 0 Å². The molecular formula is C21H26N2O3S. The van der Waals surface area contributed by atoms with Crippen molar-refractivity contribution >= 4 is 15.7 Å². The van der Waals surface area contributed by atoms with Crippen LogP contribution in [-0.4, -0.2) is 45.4 Å². The fourth-order valence-electron chi connectivity index (χ4n) is 3.50. The zero-order valence-corrected chi connectivity index (χ0v) is 16.4. The summed E-state index contributed by atoms with van der Waals surface area (Å²) in [7, 11) is -3.61. The molecule has 1 amide bonds. The van der Waals surface area contributed by atoms with E-state index in [1.165, 1.54) is 6.07 Å². The van der Waals surface area contributed by atoms with Crippen molar-refractivity contribution < 1.29 is 13.2 Å². The minimum Gasteiger partial charge on any atom is -0.352 e. The Bertz CT molecular complexity index is 881. The van der Waals surface area contributed by atoms with Gasteiger partial charge in [0.25, 0.3) is 5.91 Å². The number of carbonyl (C=O) groups is 1. The molecule has 5 nitrogen and oxygen atoms in total. The van der Waals surface area contributed by atoms with Crippen molar-refractivity contribution in [2.24, 2.45) is 5.92 Å². The molecule has 1 atom stereocenters. The maximum atomic E-state index is 12.9. The van der Waals surface area contributed by atoms with Gasteiger partial charge in [-0.1, -0.05) is 49.4 Å². The molecule has 0 bridgehead atoms. The summed E-state index contributed by atoms with van der Waals surface area (Å²) in [5.74, 6) is -0.0224. The van der Waals surface area contributed by atoms with Gasteiger partial charge in [0.05, 0.1) is 16.2 Å². The van der Waals surface area contributed by atoms with E-state index in [-0.39, 0.29) is 22.1 Å². The number of hydrogen-bond donors (Lipinski definition) is 1. The van der Waals surface area contributed by atoms with Crippen molar-refractivity contribution in [1.82, 2.24) is 10.2 Å². The van der Waals surface area contributed by atoms with E-state index >= 15 is 0 Å². The van der Waals surface area contributed by atoms with Crippen LogP contribution in [0.3, 0.4) is 0 Å². The van der Waals surface area contributed by atoms with Crippen molar-refractivity contribution in [2.45, 2.75) is 24.0 Å². The Morgan fingerprint density at radius 1 is 1.11 bits per heavy atom. The standard InChI is InChI=1S/C21H26N2O3S/c1-2-23-13-12-18(15-23)14-22-21(24)19-10-6-7-11-20(19)27(25,26)16-17-8-4-3-5-9-17/h3-11,18H,2,12-16H2,1H3,(H,22,24)/t18-/m1/s1. The van der Waals surface area contributed by atoms with Gasteiger partial charge in [0, 0.05) is 13.1 Å². The van der Waals surface area contributed by atoms with Gasteiger partial charge >= 0.3 is 0 Å². The minimum atomic E-state index is -3.61. The van der Waals surface area contributed by atoms with Crippen LogP contribution in [0.25, 0.3) is 0 Å². The zero-order valence-electron chi connectivity index (χ0n) is 15.6. The second-order valence-electron chi connectivity index (χ2n) is 7.00. The van der Waals surface area contributed by atoms with Crippen molar-refractivity contribution in [2.75, 3.05) is 26.2 Å². The fourth-order valence-corrected chi connectivity index (χ4v) is 5.06. The van der Waals surface area contributed by atoms with Gasteiger partial charge in [0.1, 0.15) is 0 Å². The summed E-state index contributed by atoms with van der Waals surface area (Å²) < 4.78 is 25.8. The molecule has 27 heavy (non-hydrogen) atoms. The summed E-state index contributed by atoms with van der Waals surface area (Å²) in [6.07, 6.45) is 1.06. The molecule has 0 saturated carbocycles. The van der Waals surface area contributed by atoms with Crippen LogP contribution in [0.2, 0.25) is 0 Å². The van der Waals surface area contributed by atoms with E-state index in [9.17, 15) is 13.2 Å². The smallest absolute Gasteiger partial charge is 0.252 e. The van der Waals surface area contributed by atoms with Crippen molar-refractivity contribution in [3.8, 4) is 0 Å². The molecule has 6 heteroatoms. The fraction of sp³-hybridized carbons (Fsp3) is 0.381. The molecule has 0 spiro atoms. The third-order valence-corrected chi connectivity index (χ3v) is 6.77. The SMILES string of the molecule is CCN1CC[C@H](CNC(=O)c2ccccc2S(=O)(=O)Cc2ccccc2)C1. The summed E-state index contributed by atoms with van der Waals surface area (Å²) in [5.41, 5.74) is 0.928. The summed E-state index contributed by atoms with van der Waals surface area (Å²) in [5, 5.41) is 2.93. The predicted molar refractivity (Wildman–Crippen MR) is 106 cm³/mol. The molecule has 1 fully saturated rings. The number of likely N-dealkylation sites (tertiary alicyclic amines) is 1. The van der Waals surface area contributed by atoms with Gasteiger partial charge in [-0.3, -0.25) is 4.79 Å². The lowest BCUT2D eigenvalue weighted by molar-refractivity contribution is 0.0944. The maximum absolute atomic E-state index is 12.9. The molecule has 2 aromatic rings. The number of benzene rings is 2. The second kappa shape index (κ2) is 8.67. The summed E-state index contributed by atoms with van der Waals surface area (Å²) in [6, 6.07) is 15.5. The number of nitrogens with one attached hydrogen (secondary N) is 1. The topological polar surface area (TPSA) is 66.5 Å². The highest BCUT2D eigenvalue weighted by Gasteiger charge is 2.25. The van der Waals surface area contributed by atoms with Crippen LogP contribution in [0, 0.1) is 5.92 Å². The number of sulfone groups is 1. The van der Waals surface area contributed by atoms with Crippen molar-refractivity contribution in [1.29, 1.82) is 0 Å². The number of nitrogens with zero attached hydrogens (tertiary/aromatic N) is 1. The molecule has 0 aromatic heterocycles. The quantitative estimate of drug-likeness (QED) is 0.795. The molecule has 1 aliphatic rings. The molecule has 0 radical (unpaired) electrons. The third kappa shape index (κ3) is 4.96. The highest BCUT2D eigenvalue weighted by Crippen LogP contribution is 2.21. The Hall–Kier alpha value is -2.18. The Labute approximate surface area is 161 Å². The average molecular weight is 387 g/mol. The highest BCUT2D eigenvalue weighted by molar-refractivity contribution is 7.90. The zero-order chi connectivity index (χ0) is 19.3. The summed E-state index contributed by atoms with van der Waals surface area (Å²) >= 11 is 0. The van der Waals surface area contributed by atoms with E-state index in [0.717, 1.165) is 26.1 Å². The van der Waals surface area contributed by atoms with Gasteiger partial charge in [-0.15, -0.1) is 0 Å². The van der Waals surface area contributed by atoms with Crippen LogP contribution >= 0.6 is 0 Å². The van der Waals surface area contributed by atoms with Crippen LogP contribution in [0.15, 0.2) is 59.5 Å². The first-order valence-electron chi connectivity index (χ1n) is 9.36. The molecule has 1 aliphatic heterocycles. The minimum absolute atomic E-state index is 0.0907. The summed E-state index contributed by atoms with van der Waals surface area (Å²) in [4.78, 5) is 15.1. The average Bonchev–Trinajstić information content (AvgIpc) is 3.15. The Morgan fingerprint density at radius 3 is 2.52 bits per heavy atom. The van der Waals surface area contributed by atoms with Crippen LogP contribution in [0.4, 0.5) is 0 Å². The van der Waals surface area contributed by atoms with Crippen molar-refractivity contribution in [3.63, 3.8) is 0 Å². The summed E-state index contributed by atoms with van der Waals surface area (Å²) in [6.45, 7) is 5.76. The molecule has 1 heterocycles. The van der Waals surface area contributed by atoms with E-state index < -0.39 is 9.84 Å². The highest BCUT2D eigenvalue weighted by atomic mass is 32.2. The van der Waals surface area contributed by atoms with Crippen LogP contribution < -0.4 is 5.32 Å². The maximum Gasteiger partial charge on any atom is 0.252 e. The Morgan fingerprint density at radius 2 is 1.81 bits per heavy atom. The molecule has 144 valence electrons. The van der Waals surface area contributed by atoms with Gasteiger partial charge in [0.15, 0.2) is 9.84 Å². The Balaban J connectivity index is 1.72. The van der Waals surface area contributed by atoms with Crippen LogP contribution in [-0.2, 0) is 15.6 Å². The van der Waals surface area contributed by atoms with Crippen molar-refractivity contribution in [3.05, 3.63) is 65.7 Å². The van der Waals surface area contributed by atoms with E-state index in [4.69, 9.17) is 0 Å². The second-order valence-corrected chi connectivity index (χ2v) is 8.96. The molecule has 1 saturated heterocycles. The van der Waals surface area contributed by atoms with E-state index in [1.807, 2.05) is 18.2 Å². The lowest BCUT2D eigenvalue weighted by atomic mass is 10.1. The van der Waals surface area contributed by atoms with E-state index in [2.05, 4.69) is 17.1 Å². The normalized spacial score (nSPS) is 17.7. The lowest BCUT2D eigenvalue weighted by Gasteiger charge is -2.15. The predicted octanol–water partition coefficient (Wildman–Crippen LogP) is 2.73. The number of carbonyl (C=O) groups excluding carboxylic acids is 1. The van der Waals surface area contributed by atoms with Crippen LogP contribution in [0.5, 0.6) is 0 Å².